The number of hydrogen-bond acceptors (Lipinski definition) is 5. The van der Waals surface area contributed by atoms with Gasteiger partial charge in [0.2, 0.25) is 5.91 Å². The van der Waals surface area contributed by atoms with Crippen molar-refractivity contribution in [2.45, 2.75) is 18.9 Å². The Bertz CT molecular complexity index is 713. The van der Waals surface area contributed by atoms with Crippen molar-refractivity contribution >= 4 is 17.5 Å². The van der Waals surface area contributed by atoms with E-state index in [1.54, 1.807) is 12.3 Å². The van der Waals surface area contributed by atoms with E-state index in [1.165, 1.54) is 0 Å². The van der Waals surface area contributed by atoms with Crippen LogP contribution in [0.5, 0.6) is 0 Å². The number of hydrogen-bond donors (Lipinski definition) is 1. The third kappa shape index (κ3) is 3.41. The molecule has 0 spiro atoms. The fraction of sp³-hybridized carbons (Fsp3) is 0.471. The SMILES string of the molecule is CN(C)c1cccc(NC(=O)[C@@H]2CCCO[C@H]2c2nccn2C)n1. The maximum absolute atomic E-state index is 12.8. The first-order chi connectivity index (χ1) is 11.6. The average Bonchev–Trinajstić information content (AvgIpc) is 3.01. The number of anilines is 2. The molecule has 3 rings (SSSR count). The molecule has 1 N–H and O–H groups in total. The molecule has 1 saturated heterocycles. The van der Waals surface area contributed by atoms with Crippen LogP contribution in [0.1, 0.15) is 24.8 Å². The zero-order chi connectivity index (χ0) is 17.1. The average molecular weight is 329 g/mol. The summed E-state index contributed by atoms with van der Waals surface area (Å²) < 4.78 is 7.77. The number of amides is 1. The molecule has 7 heteroatoms. The van der Waals surface area contributed by atoms with Gasteiger partial charge in [0, 0.05) is 40.1 Å². The summed E-state index contributed by atoms with van der Waals surface area (Å²) in [4.78, 5) is 23.5. The summed E-state index contributed by atoms with van der Waals surface area (Å²) >= 11 is 0. The summed E-state index contributed by atoms with van der Waals surface area (Å²) in [5, 5.41) is 2.92. The number of aryl methyl sites for hydroxylation is 1. The highest BCUT2D eigenvalue weighted by Crippen LogP contribution is 2.33. The van der Waals surface area contributed by atoms with Crippen molar-refractivity contribution in [2.24, 2.45) is 13.0 Å². The van der Waals surface area contributed by atoms with Crippen molar-refractivity contribution in [3.05, 3.63) is 36.4 Å². The van der Waals surface area contributed by atoms with E-state index in [1.807, 2.05) is 48.9 Å². The van der Waals surface area contributed by atoms with Crippen LogP contribution in [0.2, 0.25) is 0 Å². The lowest BCUT2D eigenvalue weighted by Gasteiger charge is -2.30. The Morgan fingerprint density at radius 1 is 1.42 bits per heavy atom. The lowest BCUT2D eigenvalue weighted by molar-refractivity contribution is -0.130. The number of nitrogens with zero attached hydrogens (tertiary/aromatic N) is 4. The van der Waals surface area contributed by atoms with Crippen LogP contribution in [0.4, 0.5) is 11.6 Å². The standard InChI is InChI=1S/C17H23N5O2/c1-21(2)14-8-4-7-13(19-14)20-17(23)12-6-5-11-24-15(12)16-18-9-10-22(16)3/h4,7-10,12,15H,5-6,11H2,1-3H3,(H,19,20,23)/t12-,15-/m1/s1. The second kappa shape index (κ2) is 7.00. The summed E-state index contributed by atoms with van der Waals surface area (Å²) in [5.41, 5.74) is 0. The molecule has 2 atom stereocenters. The molecule has 7 nitrogen and oxygen atoms in total. The highest BCUT2D eigenvalue weighted by atomic mass is 16.5. The lowest BCUT2D eigenvalue weighted by atomic mass is 9.92. The third-order valence-electron chi connectivity index (χ3n) is 4.22. The van der Waals surface area contributed by atoms with Crippen LogP contribution >= 0.6 is 0 Å². The van der Waals surface area contributed by atoms with Crippen LogP contribution in [0.15, 0.2) is 30.6 Å². The molecule has 2 aromatic heterocycles. The van der Waals surface area contributed by atoms with Crippen molar-refractivity contribution in [2.75, 3.05) is 30.9 Å². The fourth-order valence-electron chi connectivity index (χ4n) is 2.92. The van der Waals surface area contributed by atoms with Crippen molar-refractivity contribution in [1.29, 1.82) is 0 Å². The second-order valence-corrected chi connectivity index (χ2v) is 6.20. The van der Waals surface area contributed by atoms with Crippen molar-refractivity contribution in [3.63, 3.8) is 0 Å². The minimum absolute atomic E-state index is 0.0777. The van der Waals surface area contributed by atoms with E-state index in [-0.39, 0.29) is 17.9 Å². The number of carbonyl (C=O) groups excluding carboxylic acids is 1. The Morgan fingerprint density at radius 3 is 2.96 bits per heavy atom. The molecule has 1 amide bonds. The molecule has 0 bridgehead atoms. The Labute approximate surface area is 141 Å². The Kier molecular flexibility index (Phi) is 4.80. The molecule has 0 unspecified atom stereocenters. The molecule has 1 aliphatic rings. The molecule has 0 radical (unpaired) electrons. The fourth-order valence-corrected chi connectivity index (χ4v) is 2.92. The number of ether oxygens (including phenoxy) is 1. The summed E-state index contributed by atoms with van der Waals surface area (Å²) in [6.07, 6.45) is 4.91. The molecule has 0 aliphatic carbocycles. The largest absolute Gasteiger partial charge is 0.369 e. The Balaban J connectivity index is 1.77. The number of rotatable bonds is 4. The van der Waals surface area contributed by atoms with E-state index < -0.39 is 0 Å². The zero-order valence-corrected chi connectivity index (χ0v) is 14.3. The van der Waals surface area contributed by atoms with Gasteiger partial charge in [0.05, 0.1) is 5.92 Å². The molecule has 1 fully saturated rings. The molecule has 24 heavy (non-hydrogen) atoms. The minimum atomic E-state index is -0.323. The van der Waals surface area contributed by atoms with Gasteiger partial charge in [-0.25, -0.2) is 9.97 Å². The highest BCUT2D eigenvalue weighted by molar-refractivity contribution is 5.92. The van der Waals surface area contributed by atoms with Gasteiger partial charge < -0.3 is 19.5 Å². The number of pyridine rings is 1. The molecular formula is C17H23N5O2. The first-order valence-electron chi connectivity index (χ1n) is 8.10. The van der Waals surface area contributed by atoms with Crippen LogP contribution < -0.4 is 10.2 Å². The van der Waals surface area contributed by atoms with Crippen LogP contribution in [0, 0.1) is 5.92 Å². The maximum Gasteiger partial charge on any atom is 0.231 e. The Morgan fingerprint density at radius 2 is 2.25 bits per heavy atom. The predicted octanol–water partition coefficient (Wildman–Crippen LogP) is 1.99. The van der Waals surface area contributed by atoms with Crippen LogP contribution in [-0.2, 0) is 16.6 Å². The van der Waals surface area contributed by atoms with Gasteiger partial charge in [-0.3, -0.25) is 4.79 Å². The second-order valence-electron chi connectivity index (χ2n) is 6.20. The molecule has 2 aromatic rings. The van der Waals surface area contributed by atoms with E-state index in [0.717, 1.165) is 24.5 Å². The van der Waals surface area contributed by atoms with Crippen LogP contribution in [0.3, 0.4) is 0 Å². The number of imidazole rings is 1. The molecule has 0 saturated carbocycles. The molecule has 3 heterocycles. The van der Waals surface area contributed by atoms with Gasteiger partial charge in [-0.15, -0.1) is 0 Å². The van der Waals surface area contributed by atoms with Crippen LogP contribution in [-0.4, -0.2) is 41.1 Å². The zero-order valence-electron chi connectivity index (χ0n) is 14.3. The molecular weight excluding hydrogens is 306 g/mol. The number of nitrogens with one attached hydrogen (secondary N) is 1. The lowest BCUT2D eigenvalue weighted by Crippen LogP contribution is -2.34. The summed E-state index contributed by atoms with van der Waals surface area (Å²) in [6.45, 7) is 0.648. The van der Waals surface area contributed by atoms with Gasteiger partial charge in [0.1, 0.15) is 23.6 Å². The maximum atomic E-state index is 12.8. The van der Waals surface area contributed by atoms with Crippen molar-refractivity contribution in [1.82, 2.24) is 14.5 Å². The van der Waals surface area contributed by atoms with Gasteiger partial charge in [-0.05, 0) is 25.0 Å². The van der Waals surface area contributed by atoms with Crippen molar-refractivity contribution < 1.29 is 9.53 Å². The highest BCUT2D eigenvalue weighted by Gasteiger charge is 2.35. The first-order valence-corrected chi connectivity index (χ1v) is 8.10. The van der Waals surface area contributed by atoms with Gasteiger partial charge in [-0.2, -0.15) is 0 Å². The predicted molar refractivity (Wildman–Crippen MR) is 91.8 cm³/mol. The summed E-state index contributed by atoms with van der Waals surface area (Å²) in [6, 6.07) is 5.58. The third-order valence-corrected chi connectivity index (χ3v) is 4.22. The van der Waals surface area contributed by atoms with Crippen molar-refractivity contribution in [3.8, 4) is 0 Å². The van der Waals surface area contributed by atoms with E-state index in [0.29, 0.717) is 12.4 Å². The van der Waals surface area contributed by atoms with E-state index in [4.69, 9.17) is 4.74 Å². The quantitative estimate of drug-likeness (QED) is 0.929. The van der Waals surface area contributed by atoms with E-state index in [2.05, 4.69) is 15.3 Å². The van der Waals surface area contributed by atoms with E-state index >= 15 is 0 Å². The normalized spacial score (nSPS) is 20.6. The summed E-state index contributed by atoms with van der Waals surface area (Å²) in [5.74, 6) is 1.78. The van der Waals surface area contributed by atoms with Gasteiger partial charge in [0.15, 0.2) is 0 Å². The molecule has 0 aromatic carbocycles. The monoisotopic (exact) mass is 329 g/mol. The topological polar surface area (TPSA) is 72.3 Å². The smallest absolute Gasteiger partial charge is 0.231 e. The molecule has 128 valence electrons. The molecule has 1 aliphatic heterocycles. The van der Waals surface area contributed by atoms with Gasteiger partial charge in [0.25, 0.3) is 0 Å². The van der Waals surface area contributed by atoms with Crippen LogP contribution in [0.25, 0.3) is 0 Å². The van der Waals surface area contributed by atoms with E-state index in [9.17, 15) is 4.79 Å². The van der Waals surface area contributed by atoms with Gasteiger partial charge in [-0.1, -0.05) is 6.07 Å². The first kappa shape index (κ1) is 16.4. The summed E-state index contributed by atoms with van der Waals surface area (Å²) in [7, 11) is 5.75. The number of aromatic nitrogens is 3. The minimum Gasteiger partial charge on any atom is -0.369 e. The Hall–Kier alpha value is -2.41. The number of carbonyl (C=O) groups is 1. The van der Waals surface area contributed by atoms with Gasteiger partial charge >= 0.3 is 0 Å².